The van der Waals surface area contributed by atoms with E-state index in [1.54, 1.807) is 48.9 Å². The van der Waals surface area contributed by atoms with E-state index >= 15 is 0 Å². The van der Waals surface area contributed by atoms with E-state index in [0.717, 1.165) is 16.7 Å². The Kier molecular flexibility index (Phi) is 7.65. The van der Waals surface area contributed by atoms with Gasteiger partial charge in [0.05, 0.1) is 35.6 Å². The maximum Gasteiger partial charge on any atom is 0.338 e. The van der Waals surface area contributed by atoms with Gasteiger partial charge in [-0.2, -0.15) is 0 Å². The monoisotopic (exact) mass is 596 g/mol. The maximum absolute atomic E-state index is 14.0. The minimum Gasteiger partial charge on any atom is -0.497 e. The quantitative estimate of drug-likeness (QED) is 0.220. The SMILES string of the molecule is CCOC(=O)C1=C(c2ccccc2)N=c2s/c(=C\c3ccc(-c4cccc(Cl)c4)o3)c(=O)n2[C@H]1c1ccc(OC)cc1. The summed E-state index contributed by atoms with van der Waals surface area (Å²) in [4.78, 5) is 32.9. The fourth-order valence-electron chi connectivity index (χ4n) is 4.90. The van der Waals surface area contributed by atoms with Crippen LogP contribution in [0.2, 0.25) is 5.02 Å². The number of carbonyl (C=O) groups is 1. The predicted octanol–water partition coefficient (Wildman–Crippen LogP) is 5.86. The van der Waals surface area contributed by atoms with Crippen LogP contribution in [0.25, 0.3) is 23.1 Å². The first kappa shape index (κ1) is 27.5. The number of furan rings is 1. The van der Waals surface area contributed by atoms with Crippen LogP contribution in [0, 0.1) is 0 Å². The number of aromatic nitrogens is 1. The van der Waals surface area contributed by atoms with Crippen molar-refractivity contribution in [3.8, 4) is 17.1 Å². The number of hydrogen-bond donors (Lipinski definition) is 0. The van der Waals surface area contributed by atoms with Crippen molar-refractivity contribution in [1.29, 1.82) is 0 Å². The third kappa shape index (κ3) is 5.22. The number of ether oxygens (including phenoxy) is 2. The molecule has 0 fully saturated rings. The van der Waals surface area contributed by atoms with Gasteiger partial charge in [0.15, 0.2) is 4.80 Å². The number of methoxy groups -OCH3 is 1. The van der Waals surface area contributed by atoms with Crippen molar-refractivity contribution in [2.45, 2.75) is 13.0 Å². The third-order valence-electron chi connectivity index (χ3n) is 6.81. The largest absolute Gasteiger partial charge is 0.497 e. The van der Waals surface area contributed by atoms with E-state index < -0.39 is 12.0 Å². The van der Waals surface area contributed by atoms with Crippen molar-refractivity contribution in [3.63, 3.8) is 0 Å². The molecule has 0 N–H and O–H groups in total. The van der Waals surface area contributed by atoms with Crippen LogP contribution in [0.3, 0.4) is 0 Å². The van der Waals surface area contributed by atoms with Gasteiger partial charge in [-0.15, -0.1) is 0 Å². The highest BCUT2D eigenvalue weighted by molar-refractivity contribution is 7.07. The molecule has 0 saturated heterocycles. The second-order valence-corrected chi connectivity index (χ2v) is 10.9. The van der Waals surface area contributed by atoms with Crippen LogP contribution in [0.15, 0.2) is 111 Å². The molecule has 7 nitrogen and oxygen atoms in total. The number of esters is 1. The summed E-state index contributed by atoms with van der Waals surface area (Å²) in [5.41, 5.74) is 2.74. The maximum atomic E-state index is 14.0. The second kappa shape index (κ2) is 11.7. The number of thiazole rings is 1. The van der Waals surface area contributed by atoms with E-state index in [4.69, 9.17) is 30.5 Å². The Hall–Kier alpha value is -4.66. The molecular weight excluding hydrogens is 572 g/mol. The number of fused-ring (bicyclic) bond motifs is 1. The molecule has 210 valence electrons. The van der Waals surface area contributed by atoms with E-state index in [0.29, 0.717) is 37.3 Å². The number of halogens is 1. The minimum absolute atomic E-state index is 0.178. The van der Waals surface area contributed by atoms with Crippen molar-refractivity contribution in [2.24, 2.45) is 4.99 Å². The molecule has 0 spiro atoms. The van der Waals surface area contributed by atoms with Crippen LogP contribution in [0.5, 0.6) is 5.75 Å². The fourth-order valence-corrected chi connectivity index (χ4v) is 6.07. The molecule has 1 aliphatic heterocycles. The van der Waals surface area contributed by atoms with Crippen molar-refractivity contribution in [3.05, 3.63) is 138 Å². The molecule has 2 aromatic heterocycles. The van der Waals surface area contributed by atoms with Gasteiger partial charge >= 0.3 is 5.97 Å². The first-order valence-corrected chi connectivity index (χ1v) is 14.4. The summed E-state index contributed by atoms with van der Waals surface area (Å²) < 4.78 is 18.9. The molecule has 3 aromatic carbocycles. The molecule has 1 atom stereocenters. The number of benzene rings is 3. The van der Waals surface area contributed by atoms with Gasteiger partial charge in [0.1, 0.15) is 17.3 Å². The molecule has 0 unspecified atom stereocenters. The zero-order chi connectivity index (χ0) is 29.2. The summed E-state index contributed by atoms with van der Waals surface area (Å²) in [6.45, 7) is 1.93. The molecule has 6 rings (SSSR count). The second-order valence-electron chi connectivity index (χ2n) is 9.42. The number of nitrogens with zero attached hydrogens (tertiary/aromatic N) is 2. The van der Waals surface area contributed by atoms with Crippen LogP contribution in [-0.2, 0) is 9.53 Å². The van der Waals surface area contributed by atoms with E-state index in [9.17, 15) is 9.59 Å². The van der Waals surface area contributed by atoms with E-state index in [2.05, 4.69) is 0 Å². The number of carbonyl (C=O) groups excluding carboxylic acids is 1. The van der Waals surface area contributed by atoms with Crippen LogP contribution >= 0.6 is 22.9 Å². The van der Waals surface area contributed by atoms with Crippen LogP contribution in [-0.4, -0.2) is 24.3 Å². The summed E-state index contributed by atoms with van der Waals surface area (Å²) in [6, 6.07) is 26.9. The van der Waals surface area contributed by atoms with Gasteiger partial charge in [-0.1, -0.05) is 77.5 Å². The molecule has 0 aliphatic carbocycles. The van der Waals surface area contributed by atoms with Gasteiger partial charge in [-0.3, -0.25) is 9.36 Å². The van der Waals surface area contributed by atoms with Gasteiger partial charge in [0, 0.05) is 22.2 Å². The fraction of sp³-hybridized carbons (Fsp3) is 0.121. The molecule has 0 radical (unpaired) electrons. The number of hydrogen-bond acceptors (Lipinski definition) is 7. The van der Waals surface area contributed by atoms with Crippen LogP contribution in [0.4, 0.5) is 0 Å². The van der Waals surface area contributed by atoms with Crippen molar-refractivity contribution in [2.75, 3.05) is 13.7 Å². The zero-order valence-electron chi connectivity index (χ0n) is 22.7. The molecule has 3 heterocycles. The molecule has 0 saturated carbocycles. The first-order valence-electron chi connectivity index (χ1n) is 13.2. The van der Waals surface area contributed by atoms with Crippen molar-refractivity contribution < 1.29 is 18.7 Å². The lowest BCUT2D eigenvalue weighted by atomic mass is 9.93. The summed E-state index contributed by atoms with van der Waals surface area (Å²) in [5.74, 6) is 1.25. The Morgan fingerprint density at radius 3 is 2.50 bits per heavy atom. The Morgan fingerprint density at radius 1 is 1.02 bits per heavy atom. The van der Waals surface area contributed by atoms with Gasteiger partial charge in [-0.25, -0.2) is 9.79 Å². The zero-order valence-corrected chi connectivity index (χ0v) is 24.3. The Labute approximate surface area is 250 Å². The van der Waals surface area contributed by atoms with Gasteiger partial charge < -0.3 is 13.9 Å². The average Bonchev–Trinajstić information content (AvgIpc) is 3.61. The molecule has 0 bridgehead atoms. The summed E-state index contributed by atoms with van der Waals surface area (Å²) in [5, 5.41) is 0.601. The van der Waals surface area contributed by atoms with Gasteiger partial charge in [0.2, 0.25) is 0 Å². The normalized spacial score (nSPS) is 14.8. The molecule has 42 heavy (non-hydrogen) atoms. The Balaban J connectivity index is 1.56. The molecule has 0 amide bonds. The van der Waals surface area contributed by atoms with Crippen LogP contribution in [0.1, 0.15) is 29.9 Å². The smallest absolute Gasteiger partial charge is 0.338 e. The summed E-state index contributed by atoms with van der Waals surface area (Å²) in [6.07, 6.45) is 1.69. The first-order chi connectivity index (χ1) is 20.5. The Bertz CT molecular complexity index is 1990. The minimum atomic E-state index is -0.776. The number of rotatable bonds is 7. The highest BCUT2D eigenvalue weighted by Crippen LogP contribution is 2.35. The predicted molar refractivity (Wildman–Crippen MR) is 163 cm³/mol. The lowest BCUT2D eigenvalue weighted by Crippen LogP contribution is -2.40. The van der Waals surface area contributed by atoms with Gasteiger partial charge in [-0.05, 0) is 48.9 Å². The molecule has 5 aromatic rings. The summed E-state index contributed by atoms with van der Waals surface area (Å²) >= 11 is 7.39. The van der Waals surface area contributed by atoms with Crippen LogP contribution < -0.4 is 19.6 Å². The van der Waals surface area contributed by atoms with E-state index in [1.165, 1.54) is 11.3 Å². The van der Waals surface area contributed by atoms with Crippen molar-refractivity contribution in [1.82, 2.24) is 4.57 Å². The van der Waals surface area contributed by atoms with Crippen molar-refractivity contribution >= 4 is 40.7 Å². The molecular formula is C33H25ClN2O5S. The average molecular weight is 597 g/mol. The Morgan fingerprint density at radius 2 is 1.79 bits per heavy atom. The molecule has 1 aliphatic rings. The van der Waals surface area contributed by atoms with Gasteiger partial charge in [0.25, 0.3) is 5.56 Å². The lowest BCUT2D eigenvalue weighted by molar-refractivity contribution is -0.138. The third-order valence-corrected chi connectivity index (χ3v) is 8.03. The van der Waals surface area contributed by atoms with E-state index in [-0.39, 0.29) is 17.7 Å². The lowest BCUT2D eigenvalue weighted by Gasteiger charge is -2.26. The van der Waals surface area contributed by atoms with E-state index in [1.807, 2.05) is 66.7 Å². The standard InChI is InChI=1S/C33H25ClN2O5S/c1-3-40-32(38)28-29(20-8-5-4-6-9-20)35-33-36(30(28)21-12-14-24(39-2)15-13-21)31(37)27(42-33)19-25-16-17-26(41-25)22-10-7-11-23(34)18-22/h4-19,30H,3H2,1-2H3/b27-19-/t30-/m0/s1. The highest BCUT2D eigenvalue weighted by Gasteiger charge is 2.35. The summed E-state index contributed by atoms with van der Waals surface area (Å²) in [7, 11) is 1.59. The molecule has 9 heteroatoms. The topological polar surface area (TPSA) is 83.0 Å². The highest BCUT2D eigenvalue weighted by atomic mass is 35.5.